The van der Waals surface area contributed by atoms with E-state index in [4.69, 9.17) is 4.74 Å². The van der Waals surface area contributed by atoms with Gasteiger partial charge in [-0.3, -0.25) is 0 Å². The van der Waals surface area contributed by atoms with Gasteiger partial charge < -0.3 is 9.64 Å². The van der Waals surface area contributed by atoms with Crippen LogP contribution >= 0.6 is 0 Å². The second kappa shape index (κ2) is 7.61. The summed E-state index contributed by atoms with van der Waals surface area (Å²) in [6, 6.07) is 7.67. The zero-order valence-electron chi connectivity index (χ0n) is 12.6. The lowest BCUT2D eigenvalue weighted by molar-refractivity contribution is 0.299. The van der Waals surface area contributed by atoms with Gasteiger partial charge in [0.25, 0.3) is 0 Å². The fourth-order valence-electron chi connectivity index (χ4n) is 1.97. The van der Waals surface area contributed by atoms with Crippen LogP contribution in [-0.4, -0.2) is 46.8 Å². The zero-order chi connectivity index (χ0) is 15.2. The summed E-state index contributed by atoms with van der Waals surface area (Å²) in [7, 11) is 2.31. The highest BCUT2D eigenvalue weighted by atomic mass is 32.2. The van der Waals surface area contributed by atoms with Gasteiger partial charge in [-0.05, 0) is 38.2 Å². The van der Waals surface area contributed by atoms with Crippen molar-refractivity contribution in [2.24, 2.45) is 0 Å². The number of likely N-dealkylation sites (N-methyl/N-ethyl adjacent to an activating group) is 1. The molecule has 0 radical (unpaired) electrons. The van der Waals surface area contributed by atoms with E-state index in [0.29, 0.717) is 13.0 Å². The standard InChI is InChI=1S/C14H24N2O3S/c1-5-10-20(17,18)15-11-14(16(2)3)12-6-8-13(19-4)9-7-12/h6-9,14-15H,5,10-11H2,1-4H3/t14-/m1/s1. The molecule has 0 heterocycles. The van der Waals surface area contributed by atoms with Crippen molar-refractivity contribution in [1.82, 2.24) is 9.62 Å². The molecule has 1 aromatic rings. The first-order valence-corrected chi connectivity index (χ1v) is 8.32. The first-order chi connectivity index (χ1) is 9.39. The Morgan fingerprint density at radius 2 is 1.85 bits per heavy atom. The fourth-order valence-corrected chi connectivity index (χ4v) is 3.07. The lowest BCUT2D eigenvalue weighted by Gasteiger charge is -2.25. The summed E-state index contributed by atoms with van der Waals surface area (Å²) in [5.74, 6) is 0.952. The third kappa shape index (κ3) is 5.11. The van der Waals surface area contributed by atoms with E-state index in [1.165, 1.54) is 0 Å². The summed E-state index contributed by atoms with van der Waals surface area (Å²) in [5.41, 5.74) is 1.05. The van der Waals surface area contributed by atoms with Gasteiger partial charge in [-0.1, -0.05) is 19.1 Å². The number of nitrogens with one attached hydrogen (secondary N) is 1. The quantitative estimate of drug-likeness (QED) is 0.793. The number of ether oxygens (including phenoxy) is 1. The number of sulfonamides is 1. The summed E-state index contributed by atoms with van der Waals surface area (Å²) in [6.45, 7) is 2.22. The van der Waals surface area contributed by atoms with Crippen molar-refractivity contribution >= 4 is 10.0 Å². The maximum absolute atomic E-state index is 11.7. The third-order valence-corrected chi connectivity index (χ3v) is 4.65. The van der Waals surface area contributed by atoms with Crippen LogP contribution in [0, 0.1) is 0 Å². The second-order valence-electron chi connectivity index (χ2n) is 4.92. The van der Waals surface area contributed by atoms with Crippen LogP contribution in [0.15, 0.2) is 24.3 Å². The van der Waals surface area contributed by atoms with Crippen LogP contribution in [0.1, 0.15) is 24.9 Å². The molecule has 0 spiro atoms. The molecular formula is C14H24N2O3S. The number of hydrogen-bond donors (Lipinski definition) is 1. The first-order valence-electron chi connectivity index (χ1n) is 6.67. The van der Waals surface area contributed by atoms with Crippen LogP contribution in [0.4, 0.5) is 0 Å². The smallest absolute Gasteiger partial charge is 0.211 e. The van der Waals surface area contributed by atoms with Crippen LogP contribution in [0.25, 0.3) is 0 Å². The van der Waals surface area contributed by atoms with Crippen LogP contribution in [0.5, 0.6) is 5.75 Å². The van der Waals surface area contributed by atoms with E-state index in [1.54, 1.807) is 7.11 Å². The molecule has 1 atom stereocenters. The van der Waals surface area contributed by atoms with Gasteiger partial charge in [0, 0.05) is 12.6 Å². The molecule has 0 saturated heterocycles. The normalized spacial score (nSPS) is 13.4. The predicted molar refractivity (Wildman–Crippen MR) is 81.5 cm³/mol. The van der Waals surface area contributed by atoms with Crippen molar-refractivity contribution in [2.75, 3.05) is 33.5 Å². The Morgan fingerprint density at radius 1 is 1.25 bits per heavy atom. The number of hydrogen-bond acceptors (Lipinski definition) is 4. The molecule has 5 nitrogen and oxygen atoms in total. The second-order valence-corrected chi connectivity index (χ2v) is 6.85. The largest absolute Gasteiger partial charge is 0.497 e. The van der Waals surface area contributed by atoms with Crippen molar-refractivity contribution in [3.63, 3.8) is 0 Å². The number of rotatable bonds is 8. The minimum atomic E-state index is -3.18. The van der Waals surface area contributed by atoms with Crippen molar-refractivity contribution in [3.05, 3.63) is 29.8 Å². The van der Waals surface area contributed by atoms with Gasteiger partial charge in [-0.2, -0.15) is 0 Å². The van der Waals surface area contributed by atoms with E-state index in [2.05, 4.69) is 4.72 Å². The minimum Gasteiger partial charge on any atom is -0.497 e. The highest BCUT2D eigenvalue weighted by Gasteiger charge is 2.17. The molecule has 0 bridgehead atoms. The average Bonchev–Trinajstić information content (AvgIpc) is 2.39. The summed E-state index contributed by atoms with van der Waals surface area (Å²) < 4.78 is 31.3. The summed E-state index contributed by atoms with van der Waals surface area (Å²) >= 11 is 0. The molecule has 6 heteroatoms. The van der Waals surface area contributed by atoms with E-state index < -0.39 is 10.0 Å². The fraction of sp³-hybridized carbons (Fsp3) is 0.571. The minimum absolute atomic E-state index is 0.00691. The van der Waals surface area contributed by atoms with Crippen LogP contribution in [0.3, 0.4) is 0 Å². The van der Waals surface area contributed by atoms with Gasteiger partial charge in [0.15, 0.2) is 0 Å². The van der Waals surface area contributed by atoms with E-state index >= 15 is 0 Å². The van der Waals surface area contributed by atoms with Gasteiger partial charge in [0.1, 0.15) is 5.75 Å². The van der Waals surface area contributed by atoms with Crippen molar-refractivity contribution in [1.29, 1.82) is 0 Å². The van der Waals surface area contributed by atoms with Gasteiger partial charge in [0.2, 0.25) is 10.0 Å². The topological polar surface area (TPSA) is 58.6 Å². The molecule has 20 heavy (non-hydrogen) atoms. The maximum Gasteiger partial charge on any atom is 0.211 e. The number of nitrogens with zero attached hydrogens (tertiary/aromatic N) is 1. The molecule has 0 aliphatic heterocycles. The van der Waals surface area contributed by atoms with Crippen molar-refractivity contribution in [3.8, 4) is 5.75 Å². The number of methoxy groups -OCH3 is 1. The molecule has 114 valence electrons. The highest BCUT2D eigenvalue weighted by Crippen LogP contribution is 2.20. The molecule has 1 rings (SSSR count). The predicted octanol–water partition coefficient (Wildman–Crippen LogP) is 1.63. The van der Waals surface area contributed by atoms with E-state index in [1.807, 2.05) is 50.2 Å². The van der Waals surface area contributed by atoms with Gasteiger partial charge in [0.05, 0.1) is 12.9 Å². The Labute approximate surface area is 122 Å². The maximum atomic E-state index is 11.7. The van der Waals surface area contributed by atoms with Crippen molar-refractivity contribution in [2.45, 2.75) is 19.4 Å². The zero-order valence-corrected chi connectivity index (χ0v) is 13.4. The van der Waals surface area contributed by atoms with Gasteiger partial charge in [-0.15, -0.1) is 0 Å². The Hall–Kier alpha value is -1.11. The molecule has 1 aromatic carbocycles. The lowest BCUT2D eigenvalue weighted by Crippen LogP contribution is -2.35. The summed E-state index contributed by atoms with van der Waals surface area (Å²) in [6.07, 6.45) is 0.616. The molecule has 1 N–H and O–H groups in total. The van der Waals surface area contributed by atoms with E-state index in [9.17, 15) is 8.42 Å². The molecule has 0 amide bonds. The Bertz CT molecular complexity index is 498. The monoisotopic (exact) mass is 300 g/mol. The van der Waals surface area contributed by atoms with Crippen LogP contribution < -0.4 is 9.46 Å². The average molecular weight is 300 g/mol. The molecule has 0 unspecified atom stereocenters. The van der Waals surface area contributed by atoms with Gasteiger partial charge >= 0.3 is 0 Å². The van der Waals surface area contributed by atoms with Gasteiger partial charge in [-0.25, -0.2) is 13.1 Å². The highest BCUT2D eigenvalue weighted by molar-refractivity contribution is 7.89. The molecule has 0 aliphatic carbocycles. The number of benzene rings is 1. The SMILES string of the molecule is CCCS(=O)(=O)NC[C@H](c1ccc(OC)cc1)N(C)C. The van der Waals surface area contributed by atoms with Crippen LogP contribution in [0.2, 0.25) is 0 Å². The van der Waals surface area contributed by atoms with E-state index in [-0.39, 0.29) is 11.8 Å². The Balaban J connectivity index is 2.78. The Morgan fingerprint density at radius 3 is 2.30 bits per heavy atom. The Kier molecular flexibility index (Phi) is 6.45. The molecule has 0 aromatic heterocycles. The molecule has 0 aliphatic rings. The molecular weight excluding hydrogens is 276 g/mol. The summed E-state index contributed by atoms with van der Waals surface area (Å²) in [5, 5.41) is 0. The van der Waals surface area contributed by atoms with E-state index in [0.717, 1.165) is 11.3 Å². The molecule has 0 fully saturated rings. The first kappa shape index (κ1) is 16.9. The summed E-state index contributed by atoms with van der Waals surface area (Å²) in [4.78, 5) is 2.00. The lowest BCUT2D eigenvalue weighted by atomic mass is 10.1. The molecule has 0 saturated carbocycles. The third-order valence-electron chi connectivity index (χ3n) is 3.09. The van der Waals surface area contributed by atoms with Crippen molar-refractivity contribution < 1.29 is 13.2 Å². The van der Waals surface area contributed by atoms with Crippen LogP contribution in [-0.2, 0) is 10.0 Å².